The molecular weight excluding hydrogens is 174 g/mol. The molecule has 0 aliphatic heterocycles. The summed E-state index contributed by atoms with van der Waals surface area (Å²) in [5.74, 6) is 0. The van der Waals surface area contributed by atoms with Gasteiger partial charge in [0.05, 0.1) is 22.4 Å². The Kier molecular flexibility index (Phi) is 2.41. The first-order chi connectivity index (χ1) is 6.85. The minimum Gasteiger partial charge on any atom is -0.325 e. The van der Waals surface area contributed by atoms with Crippen molar-refractivity contribution in [1.29, 1.82) is 0 Å². The number of aryl methyl sites for hydroxylation is 1. The van der Waals surface area contributed by atoms with E-state index in [2.05, 4.69) is 16.9 Å². The minimum absolute atomic E-state index is 0.459. The molecule has 3 heteroatoms. The number of benzene rings is 1. The fourth-order valence-electron chi connectivity index (χ4n) is 1.52. The first-order valence-electron chi connectivity index (χ1n) is 4.79. The van der Waals surface area contributed by atoms with Crippen molar-refractivity contribution < 1.29 is 0 Å². The van der Waals surface area contributed by atoms with Crippen LogP contribution >= 0.6 is 0 Å². The second-order valence-corrected chi connectivity index (χ2v) is 3.16. The van der Waals surface area contributed by atoms with Crippen LogP contribution in [0.2, 0.25) is 0 Å². The number of fused-ring (bicyclic) bond motifs is 1. The fourth-order valence-corrected chi connectivity index (χ4v) is 1.52. The minimum atomic E-state index is 0.459. The van der Waals surface area contributed by atoms with E-state index in [1.54, 1.807) is 0 Å². The zero-order valence-corrected chi connectivity index (χ0v) is 8.20. The molecule has 72 valence electrons. The van der Waals surface area contributed by atoms with Crippen molar-refractivity contribution in [3.05, 3.63) is 35.7 Å². The van der Waals surface area contributed by atoms with Gasteiger partial charge >= 0.3 is 0 Å². The zero-order chi connectivity index (χ0) is 9.97. The molecule has 0 saturated heterocycles. The highest BCUT2D eigenvalue weighted by molar-refractivity contribution is 5.74. The van der Waals surface area contributed by atoms with Crippen LogP contribution in [0.5, 0.6) is 0 Å². The van der Waals surface area contributed by atoms with E-state index in [1.807, 2.05) is 24.3 Å². The molecule has 0 spiro atoms. The summed E-state index contributed by atoms with van der Waals surface area (Å²) in [6.07, 6.45) is 0.879. The molecule has 1 aromatic heterocycles. The highest BCUT2D eigenvalue weighted by Gasteiger charge is 2.04. The molecule has 0 aliphatic rings. The summed E-state index contributed by atoms with van der Waals surface area (Å²) < 4.78 is 0. The summed E-state index contributed by atoms with van der Waals surface area (Å²) in [6.45, 7) is 2.53. The quantitative estimate of drug-likeness (QED) is 0.777. The van der Waals surface area contributed by atoms with Gasteiger partial charge in [0.1, 0.15) is 0 Å². The van der Waals surface area contributed by atoms with Gasteiger partial charge in [-0.1, -0.05) is 19.1 Å². The van der Waals surface area contributed by atoms with Gasteiger partial charge in [-0.25, -0.2) is 9.97 Å². The maximum absolute atomic E-state index is 5.61. The number of nitrogens with zero attached hydrogens (tertiary/aromatic N) is 2. The van der Waals surface area contributed by atoms with Crippen LogP contribution < -0.4 is 5.73 Å². The topological polar surface area (TPSA) is 51.8 Å². The summed E-state index contributed by atoms with van der Waals surface area (Å²) in [6, 6.07) is 7.87. The molecule has 0 amide bonds. The SMILES string of the molecule is CCc1nc2ccccc2nc1CN. The highest BCUT2D eigenvalue weighted by Crippen LogP contribution is 2.12. The van der Waals surface area contributed by atoms with Crippen LogP contribution in [-0.2, 0) is 13.0 Å². The molecular formula is C11H13N3. The van der Waals surface area contributed by atoms with Crippen molar-refractivity contribution in [3.63, 3.8) is 0 Å². The summed E-state index contributed by atoms with van der Waals surface area (Å²) in [7, 11) is 0. The number of hydrogen-bond acceptors (Lipinski definition) is 3. The van der Waals surface area contributed by atoms with E-state index >= 15 is 0 Å². The van der Waals surface area contributed by atoms with Gasteiger partial charge in [-0.2, -0.15) is 0 Å². The van der Waals surface area contributed by atoms with E-state index in [9.17, 15) is 0 Å². The summed E-state index contributed by atoms with van der Waals surface area (Å²) in [4.78, 5) is 9.00. The standard InChI is InChI=1S/C11H13N3/c1-2-8-11(7-12)14-10-6-4-3-5-9(10)13-8/h3-6H,2,7,12H2,1H3. The maximum Gasteiger partial charge on any atom is 0.0890 e. The van der Waals surface area contributed by atoms with Crippen LogP contribution in [0.15, 0.2) is 24.3 Å². The third-order valence-electron chi connectivity index (χ3n) is 2.25. The van der Waals surface area contributed by atoms with Crippen molar-refractivity contribution in [3.8, 4) is 0 Å². The van der Waals surface area contributed by atoms with E-state index in [4.69, 9.17) is 5.73 Å². The van der Waals surface area contributed by atoms with Gasteiger partial charge < -0.3 is 5.73 Å². The first-order valence-corrected chi connectivity index (χ1v) is 4.79. The molecule has 1 heterocycles. The summed E-state index contributed by atoms with van der Waals surface area (Å²) in [5.41, 5.74) is 9.40. The van der Waals surface area contributed by atoms with Crippen molar-refractivity contribution in [2.24, 2.45) is 5.73 Å². The Bertz CT molecular complexity index is 409. The lowest BCUT2D eigenvalue weighted by Crippen LogP contribution is -2.06. The van der Waals surface area contributed by atoms with Crippen LogP contribution in [0.4, 0.5) is 0 Å². The average molecular weight is 187 g/mol. The van der Waals surface area contributed by atoms with Crippen LogP contribution in [0.3, 0.4) is 0 Å². The van der Waals surface area contributed by atoms with Gasteiger partial charge in [0.15, 0.2) is 0 Å². The van der Waals surface area contributed by atoms with E-state index in [0.29, 0.717) is 6.54 Å². The molecule has 0 atom stereocenters. The Morgan fingerprint density at radius 1 is 1.07 bits per heavy atom. The third-order valence-corrected chi connectivity index (χ3v) is 2.25. The molecule has 3 nitrogen and oxygen atoms in total. The molecule has 1 aromatic carbocycles. The lowest BCUT2D eigenvalue weighted by molar-refractivity contribution is 0.909. The smallest absolute Gasteiger partial charge is 0.0890 e. The fraction of sp³-hybridized carbons (Fsp3) is 0.273. The number of aromatic nitrogens is 2. The number of nitrogens with two attached hydrogens (primary N) is 1. The Morgan fingerprint density at radius 2 is 1.64 bits per heavy atom. The van der Waals surface area contributed by atoms with Gasteiger partial charge in [0.25, 0.3) is 0 Å². The Morgan fingerprint density at radius 3 is 2.14 bits per heavy atom. The molecule has 2 rings (SSSR count). The lowest BCUT2D eigenvalue weighted by atomic mass is 10.2. The lowest BCUT2D eigenvalue weighted by Gasteiger charge is -2.05. The van der Waals surface area contributed by atoms with Gasteiger partial charge in [-0.15, -0.1) is 0 Å². The Hall–Kier alpha value is -1.48. The predicted octanol–water partition coefficient (Wildman–Crippen LogP) is 1.65. The third kappa shape index (κ3) is 1.46. The Balaban J connectivity index is 2.69. The normalized spacial score (nSPS) is 10.7. The Labute approximate surface area is 83.0 Å². The molecule has 0 unspecified atom stereocenters. The molecule has 14 heavy (non-hydrogen) atoms. The molecule has 0 bridgehead atoms. The van der Waals surface area contributed by atoms with Crippen molar-refractivity contribution >= 4 is 11.0 Å². The van der Waals surface area contributed by atoms with E-state index in [1.165, 1.54) is 0 Å². The molecule has 0 radical (unpaired) electrons. The van der Waals surface area contributed by atoms with Crippen molar-refractivity contribution in [1.82, 2.24) is 9.97 Å². The summed E-state index contributed by atoms with van der Waals surface area (Å²) >= 11 is 0. The molecule has 0 saturated carbocycles. The number of rotatable bonds is 2. The van der Waals surface area contributed by atoms with Crippen LogP contribution in [0.25, 0.3) is 11.0 Å². The predicted molar refractivity (Wildman–Crippen MR) is 56.8 cm³/mol. The van der Waals surface area contributed by atoms with Gasteiger partial charge in [0, 0.05) is 6.54 Å². The van der Waals surface area contributed by atoms with Crippen molar-refractivity contribution in [2.45, 2.75) is 19.9 Å². The van der Waals surface area contributed by atoms with Gasteiger partial charge in [0.2, 0.25) is 0 Å². The maximum atomic E-state index is 5.61. The second kappa shape index (κ2) is 3.72. The van der Waals surface area contributed by atoms with E-state index < -0.39 is 0 Å². The van der Waals surface area contributed by atoms with Gasteiger partial charge in [-0.3, -0.25) is 0 Å². The van der Waals surface area contributed by atoms with Gasteiger partial charge in [-0.05, 0) is 18.6 Å². The molecule has 0 aliphatic carbocycles. The van der Waals surface area contributed by atoms with E-state index in [-0.39, 0.29) is 0 Å². The highest BCUT2D eigenvalue weighted by atomic mass is 14.8. The van der Waals surface area contributed by atoms with Crippen LogP contribution in [-0.4, -0.2) is 9.97 Å². The monoisotopic (exact) mass is 187 g/mol. The van der Waals surface area contributed by atoms with Crippen LogP contribution in [0.1, 0.15) is 18.3 Å². The van der Waals surface area contributed by atoms with Crippen molar-refractivity contribution in [2.75, 3.05) is 0 Å². The number of para-hydroxylation sites is 2. The zero-order valence-electron chi connectivity index (χ0n) is 8.20. The average Bonchev–Trinajstić information content (AvgIpc) is 2.27. The number of hydrogen-bond donors (Lipinski definition) is 1. The molecule has 0 fully saturated rings. The second-order valence-electron chi connectivity index (χ2n) is 3.16. The largest absolute Gasteiger partial charge is 0.325 e. The van der Waals surface area contributed by atoms with E-state index in [0.717, 1.165) is 28.8 Å². The molecule has 2 aromatic rings. The summed E-state index contributed by atoms with van der Waals surface area (Å²) in [5, 5.41) is 0. The molecule has 2 N–H and O–H groups in total. The van der Waals surface area contributed by atoms with Crippen LogP contribution in [0, 0.1) is 0 Å². The first kappa shape index (κ1) is 9.09.